The Hall–Kier alpha value is -1.71. The molecule has 0 bridgehead atoms. The predicted molar refractivity (Wildman–Crippen MR) is 86.6 cm³/mol. The van der Waals surface area contributed by atoms with E-state index in [2.05, 4.69) is 5.32 Å². The molecule has 114 valence electrons. The topological polar surface area (TPSA) is 29.1 Å². The lowest BCUT2D eigenvalue weighted by molar-refractivity contribution is -0.120. The SMILES string of the molecule is O=C(Cc1cccc(-c2ccccc2Cl)c1F)[C@@H]1CCCN1. The minimum absolute atomic E-state index is 0.0488. The Kier molecular flexibility index (Phi) is 4.55. The largest absolute Gasteiger partial charge is 0.307 e. The van der Waals surface area contributed by atoms with E-state index in [0.29, 0.717) is 21.7 Å². The molecule has 2 aromatic carbocycles. The minimum atomic E-state index is -0.359. The van der Waals surface area contributed by atoms with Crippen LogP contribution in [0.5, 0.6) is 0 Å². The van der Waals surface area contributed by atoms with Gasteiger partial charge in [-0.3, -0.25) is 4.79 Å². The molecule has 0 aliphatic carbocycles. The molecule has 0 amide bonds. The Morgan fingerprint density at radius 1 is 1.18 bits per heavy atom. The highest BCUT2D eigenvalue weighted by atomic mass is 35.5. The second-order valence-electron chi connectivity index (χ2n) is 5.55. The number of carbonyl (C=O) groups is 1. The number of nitrogens with one attached hydrogen (secondary N) is 1. The van der Waals surface area contributed by atoms with Gasteiger partial charge in [-0.15, -0.1) is 0 Å². The van der Waals surface area contributed by atoms with Crippen LogP contribution in [0, 0.1) is 5.82 Å². The molecule has 1 fully saturated rings. The van der Waals surface area contributed by atoms with E-state index >= 15 is 0 Å². The molecule has 1 atom stereocenters. The van der Waals surface area contributed by atoms with Crippen LogP contribution >= 0.6 is 11.6 Å². The van der Waals surface area contributed by atoms with Crippen molar-refractivity contribution in [2.24, 2.45) is 0 Å². The van der Waals surface area contributed by atoms with E-state index in [4.69, 9.17) is 11.6 Å². The lowest BCUT2D eigenvalue weighted by atomic mass is 9.97. The Bertz CT molecular complexity index is 695. The van der Waals surface area contributed by atoms with E-state index < -0.39 is 0 Å². The number of Topliss-reactive ketones (excluding diaryl/α,β-unsaturated/α-hetero) is 1. The number of hydrogen-bond donors (Lipinski definition) is 1. The second kappa shape index (κ2) is 6.59. The van der Waals surface area contributed by atoms with Crippen molar-refractivity contribution in [2.45, 2.75) is 25.3 Å². The third-order valence-corrected chi connectivity index (χ3v) is 4.39. The summed E-state index contributed by atoms with van der Waals surface area (Å²) in [6.07, 6.45) is 1.95. The first-order chi connectivity index (χ1) is 10.7. The van der Waals surface area contributed by atoms with Gasteiger partial charge in [0.25, 0.3) is 0 Å². The second-order valence-corrected chi connectivity index (χ2v) is 5.96. The van der Waals surface area contributed by atoms with Gasteiger partial charge < -0.3 is 5.32 Å². The van der Waals surface area contributed by atoms with Crippen molar-refractivity contribution in [3.05, 3.63) is 58.9 Å². The van der Waals surface area contributed by atoms with Gasteiger partial charge in [0.15, 0.2) is 5.78 Å². The van der Waals surface area contributed by atoms with Crippen LogP contribution in [0.2, 0.25) is 5.02 Å². The molecule has 0 saturated carbocycles. The molecule has 4 heteroatoms. The summed E-state index contributed by atoms with van der Waals surface area (Å²) in [6.45, 7) is 0.860. The highest BCUT2D eigenvalue weighted by Crippen LogP contribution is 2.31. The summed E-state index contributed by atoms with van der Waals surface area (Å²) >= 11 is 6.15. The fraction of sp³-hybridized carbons (Fsp3) is 0.278. The first kappa shape index (κ1) is 15.2. The summed E-state index contributed by atoms with van der Waals surface area (Å²) < 4.78 is 14.8. The van der Waals surface area contributed by atoms with Gasteiger partial charge in [-0.25, -0.2) is 4.39 Å². The van der Waals surface area contributed by atoms with Gasteiger partial charge in [-0.05, 0) is 31.0 Å². The molecule has 1 saturated heterocycles. The van der Waals surface area contributed by atoms with Crippen LogP contribution in [0.25, 0.3) is 11.1 Å². The third kappa shape index (κ3) is 3.06. The van der Waals surface area contributed by atoms with Gasteiger partial charge in [0, 0.05) is 22.6 Å². The minimum Gasteiger partial charge on any atom is -0.307 e. The maximum Gasteiger partial charge on any atom is 0.154 e. The lowest BCUT2D eigenvalue weighted by Gasteiger charge is -2.12. The number of ketones is 1. The average molecular weight is 318 g/mol. The zero-order valence-electron chi connectivity index (χ0n) is 12.1. The van der Waals surface area contributed by atoms with Crippen LogP contribution in [0.3, 0.4) is 0 Å². The van der Waals surface area contributed by atoms with Crippen molar-refractivity contribution in [1.82, 2.24) is 5.32 Å². The van der Waals surface area contributed by atoms with E-state index in [9.17, 15) is 9.18 Å². The molecule has 0 spiro atoms. The van der Waals surface area contributed by atoms with Crippen molar-refractivity contribution in [3.8, 4) is 11.1 Å². The first-order valence-corrected chi connectivity index (χ1v) is 7.83. The molecule has 3 rings (SSSR count). The molecule has 1 N–H and O–H groups in total. The summed E-state index contributed by atoms with van der Waals surface area (Å²) in [6, 6.07) is 12.1. The van der Waals surface area contributed by atoms with Crippen molar-refractivity contribution in [2.75, 3.05) is 6.54 Å². The van der Waals surface area contributed by atoms with Gasteiger partial charge in [-0.1, -0.05) is 48.0 Å². The van der Waals surface area contributed by atoms with Crippen LogP contribution < -0.4 is 5.32 Å². The van der Waals surface area contributed by atoms with Crippen molar-refractivity contribution in [3.63, 3.8) is 0 Å². The monoisotopic (exact) mass is 317 g/mol. The standard InChI is InChI=1S/C18H17ClFNO/c19-15-8-2-1-6-13(15)14-7-3-5-12(18(14)20)11-17(22)16-9-4-10-21-16/h1-3,5-8,16,21H,4,9-11H2/t16-/m0/s1. The number of halogens is 2. The first-order valence-electron chi connectivity index (χ1n) is 7.45. The Balaban J connectivity index is 1.89. The highest BCUT2D eigenvalue weighted by Gasteiger charge is 2.23. The number of rotatable bonds is 4. The zero-order valence-corrected chi connectivity index (χ0v) is 12.9. The molecule has 1 aliphatic heterocycles. The Morgan fingerprint density at radius 3 is 2.68 bits per heavy atom. The van der Waals surface area contributed by atoms with E-state index in [1.165, 1.54) is 0 Å². The normalized spacial score (nSPS) is 17.6. The van der Waals surface area contributed by atoms with Crippen LogP contribution in [0.1, 0.15) is 18.4 Å². The molecule has 0 radical (unpaired) electrons. The van der Waals surface area contributed by atoms with Crippen LogP contribution in [0.4, 0.5) is 4.39 Å². The molecule has 0 aromatic heterocycles. The van der Waals surface area contributed by atoms with Gasteiger partial charge in [0.05, 0.1) is 6.04 Å². The summed E-state index contributed by atoms with van der Waals surface area (Å²) in [5.74, 6) is -0.311. The van der Waals surface area contributed by atoms with E-state index in [1.807, 2.05) is 12.1 Å². The van der Waals surface area contributed by atoms with Gasteiger partial charge in [0.2, 0.25) is 0 Å². The van der Waals surface area contributed by atoms with E-state index in [-0.39, 0.29) is 24.1 Å². The fourth-order valence-corrected chi connectivity index (χ4v) is 3.11. The summed E-state index contributed by atoms with van der Waals surface area (Å²) in [7, 11) is 0. The van der Waals surface area contributed by atoms with Crippen LogP contribution in [0.15, 0.2) is 42.5 Å². The van der Waals surface area contributed by atoms with Crippen molar-refractivity contribution >= 4 is 17.4 Å². The quantitative estimate of drug-likeness (QED) is 0.923. The molecular weight excluding hydrogens is 301 g/mol. The van der Waals surface area contributed by atoms with Crippen LogP contribution in [-0.2, 0) is 11.2 Å². The Morgan fingerprint density at radius 2 is 1.95 bits per heavy atom. The van der Waals surface area contributed by atoms with E-state index in [0.717, 1.165) is 19.4 Å². The number of carbonyl (C=O) groups excluding carboxylic acids is 1. The summed E-state index contributed by atoms with van der Waals surface area (Å²) in [5.41, 5.74) is 1.52. The van der Waals surface area contributed by atoms with E-state index in [1.54, 1.807) is 30.3 Å². The lowest BCUT2D eigenvalue weighted by Crippen LogP contribution is -2.32. The van der Waals surface area contributed by atoms with Gasteiger partial charge >= 0.3 is 0 Å². The molecule has 1 heterocycles. The van der Waals surface area contributed by atoms with Gasteiger partial charge in [0.1, 0.15) is 5.82 Å². The van der Waals surface area contributed by atoms with Gasteiger partial charge in [-0.2, -0.15) is 0 Å². The molecule has 1 aliphatic rings. The fourth-order valence-electron chi connectivity index (χ4n) is 2.87. The smallest absolute Gasteiger partial charge is 0.154 e. The number of benzene rings is 2. The van der Waals surface area contributed by atoms with Crippen molar-refractivity contribution in [1.29, 1.82) is 0 Å². The molecule has 2 aromatic rings. The number of hydrogen-bond acceptors (Lipinski definition) is 2. The third-order valence-electron chi connectivity index (χ3n) is 4.06. The summed E-state index contributed by atoms with van der Waals surface area (Å²) in [4.78, 5) is 12.2. The molecule has 22 heavy (non-hydrogen) atoms. The summed E-state index contributed by atoms with van der Waals surface area (Å²) in [5, 5.41) is 3.66. The predicted octanol–water partition coefficient (Wildman–Crippen LogP) is 4.01. The average Bonchev–Trinajstić information content (AvgIpc) is 3.05. The Labute approximate surface area is 134 Å². The molecule has 2 nitrogen and oxygen atoms in total. The molecule has 0 unspecified atom stereocenters. The maximum absolute atomic E-state index is 14.8. The highest BCUT2D eigenvalue weighted by molar-refractivity contribution is 6.33. The maximum atomic E-state index is 14.8. The van der Waals surface area contributed by atoms with Crippen molar-refractivity contribution < 1.29 is 9.18 Å². The zero-order chi connectivity index (χ0) is 15.5. The van der Waals surface area contributed by atoms with Crippen LogP contribution in [-0.4, -0.2) is 18.4 Å². The molecular formula is C18H17ClFNO.